The maximum Gasteiger partial charge on any atom is 0.226 e. The summed E-state index contributed by atoms with van der Waals surface area (Å²) >= 11 is 0. The second kappa shape index (κ2) is 8.76. The van der Waals surface area contributed by atoms with Crippen LogP contribution in [0.4, 0.5) is 10.1 Å². The molecular weight excluding hydrogens is 431 g/mol. The van der Waals surface area contributed by atoms with Gasteiger partial charge < -0.3 is 20.4 Å². The molecule has 8 heteroatoms. The zero-order valence-corrected chi connectivity index (χ0v) is 19.1. The summed E-state index contributed by atoms with van der Waals surface area (Å²) in [4.78, 5) is 15.0. The largest absolute Gasteiger partial charge is 0.480 e. The van der Waals surface area contributed by atoms with E-state index >= 15 is 0 Å². The van der Waals surface area contributed by atoms with Gasteiger partial charge in [-0.1, -0.05) is 6.07 Å². The monoisotopic (exact) mass is 456 g/mol. The minimum atomic E-state index is -0.299. The van der Waals surface area contributed by atoms with Gasteiger partial charge in [0.05, 0.1) is 35.5 Å². The first-order valence-electron chi connectivity index (χ1n) is 11.2. The fraction of sp³-hybridized carbons (Fsp3) is 0.269. The highest BCUT2D eigenvalue weighted by Crippen LogP contribution is 2.44. The summed E-state index contributed by atoms with van der Waals surface area (Å²) in [6.07, 6.45) is 3.42. The smallest absolute Gasteiger partial charge is 0.226 e. The summed E-state index contributed by atoms with van der Waals surface area (Å²) in [5, 5.41) is 9.28. The second-order valence-electron chi connectivity index (χ2n) is 8.68. The van der Waals surface area contributed by atoms with Gasteiger partial charge in [-0.05, 0) is 61.2 Å². The number of hydrogen-bond acceptors (Lipinski definition) is 6. The first-order chi connectivity index (χ1) is 16.5. The van der Waals surface area contributed by atoms with E-state index in [0.717, 1.165) is 59.3 Å². The number of methoxy groups -OCH3 is 1. The van der Waals surface area contributed by atoms with E-state index in [1.807, 2.05) is 19.1 Å². The molecule has 0 spiro atoms. The fourth-order valence-corrected chi connectivity index (χ4v) is 4.61. The van der Waals surface area contributed by atoms with Crippen molar-refractivity contribution >= 4 is 16.7 Å². The lowest BCUT2D eigenvalue weighted by molar-refractivity contribution is 0.399. The van der Waals surface area contributed by atoms with Gasteiger partial charge in [-0.25, -0.2) is 14.4 Å². The van der Waals surface area contributed by atoms with Gasteiger partial charge in [0.15, 0.2) is 0 Å². The van der Waals surface area contributed by atoms with E-state index in [9.17, 15) is 9.65 Å². The number of nitrogens with one attached hydrogen (secondary N) is 1. The SMILES string of the molecule is COc1ncc(-c2cc(C)cc(F)c2)c(N2CCC(N)CC2)c1-c1nc2ccc(C#N)cc2[nH]1. The third kappa shape index (κ3) is 3.95. The number of anilines is 1. The van der Waals surface area contributed by atoms with Crippen molar-refractivity contribution in [3.8, 4) is 34.5 Å². The molecule has 1 saturated heterocycles. The minimum absolute atomic E-state index is 0.152. The average Bonchev–Trinajstić information content (AvgIpc) is 3.26. The third-order valence-corrected chi connectivity index (χ3v) is 6.27. The van der Waals surface area contributed by atoms with Crippen LogP contribution in [0, 0.1) is 24.1 Å². The molecule has 3 N–H and O–H groups in total. The molecule has 34 heavy (non-hydrogen) atoms. The first-order valence-corrected chi connectivity index (χ1v) is 11.2. The van der Waals surface area contributed by atoms with Crippen LogP contribution in [0.2, 0.25) is 0 Å². The number of fused-ring (bicyclic) bond motifs is 1. The average molecular weight is 457 g/mol. The van der Waals surface area contributed by atoms with Crippen molar-refractivity contribution in [1.29, 1.82) is 5.26 Å². The van der Waals surface area contributed by atoms with Crippen molar-refractivity contribution in [2.45, 2.75) is 25.8 Å². The highest BCUT2D eigenvalue weighted by atomic mass is 19.1. The quantitative estimate of drug-likeness (QED) is 0.467. The van der Waals surface area contributed by atoms with Crippen molar-refractivity contribution in [2.75, 3.05) is 25.1 Å². The van der Waals surface area contributed by atoms with E-state index in [0.29, 0.717) is 22.8 Å². The summed E-state index contributed by atoms with van der Waals surface area (Å²) in [6.45, 7) is 3.37. The zero-order valence-electron chi connectivity index (χ0n) is 19.1. The van der Waals surface area contributed by atoms with Gasteiger partial charge in [-0.15, -0.1) is 0 Å². The number of nitrogens with zero attached hydrogens (tertiary/aromatic N) is 4. The molecule has 0 atom stereocenters. The summed E-state index contributed by atoms with van der Waals surface area (Å²) in [7, 11) is 1.57. The van der Waals surface area contributed by atoms with Crippen molar-refractivity contribution in [3.63, 3.8) is 0 Å². The van der Waals surface area contributed by atoms with Gasteiger partial charge in [0.25, 0.3) is 0 Å². The van der Waals surface area contributed by atoms with E-state index in [2.05, 4.69) is 20.9 Å². The number of halogens is 1. The molecule has 0 amide bonds. The summed E-state index contributed by atoms with van der Waals surface area (Å²) in [5.41, 5.74) is 12.1. The lowest BCUT2D eigenvalue weighted by Crippen LogP contribution is -2.40. The van der Waals surface area contributed by atoms with Crippen LogP contribution in [0.3, 0.4) is 0 Å². The van der Waals surface area contributed by atoms with Gasteiger partial charge in [0, 0.05) is 30.9 Å². The maximum atomic E-state index is 14.4. The molecule has 2 aromatic carbocycles. The Hall–Kier alpha value is -3.96. The predicted octanol–water partition coefficient (Wildman–Crippen LogP) is 4.55. The number of rotatable bonds is 4. The molecule has 4 aromatic rings. The lowest BCUT2D eigenvalue weighted by Gasteiger charge is -2.34. The summed E-state index contributed by atoms with van der Waals surface area (Å²) in [6, 6.07) is 12.6. The van der Waals surface area contributed by atoms with Crippen LogP contribution in [0.1, 0.15) is 24.0 Å². The summed E-state index contributed by atoms with van der Waals surface area (Å²) < 4.78 is 20.1. The number of nitrogens with two attached hydrogens (primary N) is 1. The highest BCUT2D eigenvalue weighted by Gasteiger charge is 2.28. The molecule has 1 aliphatic heterocycles. The Kier molecular flexibility index (Phi) is 5.64. The Bertz CT molecular complexity index is 1390. The molecule has 2 aromatic heterocycles. The number of pyridine rings is 1. The van der Waals surface area contributed by atoms with Crippen molar-refractivity contribution < 1.29 is 9.13 Å². The standard InChI is InChI=1S/C26H25FN6O/c1-15-9-17(12-18(27)10-15)20-14-30-26(34-2)23(24(20)33-7-5-19(29)6-8-33)25-31-21-4-3-16(13-28)11-22(21)32-25/h3-4,9-12,14,19H,5-8,29H2,1-2H3,(H,31,32). The highest BCUT2D eigenvalue weighted by molar-refractivity contribution is 5.93. The molecule has 0 radical (unpaired) electrons. The predicted molar refractivity (Wildman–Crippen MR) is 130 cm³/mol. The molecule has 0 aliphatic carbocycles. The van der Waals surface area contributed by atoms with Gasteiger partial charge >= 0.3 is 0 Å². The molecule has 172 valence electrons. The van der Waals surface area contributed by atoms with E-state index < -0.39 is 0 Å². The fourth-order valence-electron chi connectivity index (χ4n) is 4.61. The third-order valence-electron chi connectivity index (χ3n) is 6.27. The van der Waals surface area contributed by atoms with Crippen molar-refractivity contribution in [2.24, 2.45) is 5.73 Å². The minimum Gasteiger partial charge on any atom is -0.480 e. The van der Waals surface area contributed by atoms with Crippen LogP contribution in [0.15, 0.2) is 42.6 Å². The lowest BCUT2D eigenvalue weighted by atomic mass is 9.97. The van der Waals surface area contributed by atoms with E-state index in [-0.39, 0.29) is 11.9 Å². The summed E-state index contributed by atoms with van der Waals surface area (Å²) in [5.74, 6) is 0.697. The van der Waals surface area contributed by atoms with E-state index in [4.69, 9.17) is 15.5 Å². The number of imidazole rings is 1. The van der Waals surface area contributed by atoms with Crippen LogP contribution in [-0.4, -0.2) is 41.2 Å². The Morgan fingerprint density at radius 3 is 2.71 bits per heavy atom. The molecule has 0 unspecified atom stereocenters. The maximum absolute atomic E-state index is 14.4. The Morgan fingerprint density at radius 1 is 1.21 bits per heavy atom. The second-order valence-corrected chi connectivity index (χ2v) is 8.68. The molecule has 1 fully saturated rings. The number of benzene rings is 2. The first kappa shape index (κ1) is 21.9. The number of hydrogen-bond donors (Lipinski definition) is 2. The van der Waals surface area contributed by atoms with E-state index in [1.165, 1.54) is 12.1 Å². The topological polar surface area (TPSA) is 104 Å². The van der Waals surface area contributed by atoms with E-state index in [1.54, 1.807) is 25.4 Å². The number of nitriles is 1. The number of aryl methyl sites for hydroxylation is 1. The number of ether oxygens (including phenoxy) is 1. The molecule has 1 aliphatic rings. The van der Waals surface area contributed by atoms with Gasteiger partial charge in [0.2, 0.25) is 5.88 Å². The molecule has 7 nitrogen and oxygen atoms in total. The van der Waals surface area contributed by atoms with Gasteiger partial charge in [-0.3, -0.25) is 0 Å². The van der Waals surface area contributed by atoms with Crippen LogP contribution in [0.25, 0.3) is 33.5 Å². The molecule has 0 saturated carbocycles. The number of piperidine rings is 1. The van der Waals surface area contributed by atoms with Gasteiger partial charge in [-0.2, -0.15) is 5.26 Å². The van der Waals surface area contributed by atoms with Crippen LogP contribution >= 0.6 is 0 Å². The van der Waals surface area contributed by atoms with Crippen molar-refractivity contribution in [1.82, 2.24) is 15.0 Å². The Labute approximate surface area is 197 Å². The van der Waals surface area contributed by atoms with Gasteiger partial charge in [0.1, 0.15) is 17.2 Å². The Balaban J connectivity index is 1.78. The molecule has 0 bridgehead atoms. The normalized spacial score (nSPS) is 14.4. The zero-order chi connectivity index (χ0) is 23.8. The number of H-pyrrole nitrogens is 1. The molecule has 3 heterocycles. The number of aromatic nitrogens is 3. The van der Waals surface area contributed by atoms with Crippen LogP contribution < -0.4 is 15.4 Å². The molecular formula is C26H25FN6O. The molecule has 5 rings (SSSR count). The van der Waals surface area contributed by atoms with Crippen LogP contribution in [0.5, 0.6) is 5.88 Å². The van der Waals surface area contributed by atoms with Crippen molar-refractivity contribution in [3.05, 3.63) is 59.5 Å². The Morgan fingerprint density at radius 2 is 2.00 bits per heavy atom. The number of aromatic amines is 1. The van der Waals surface area contributed by atoms with Crippen LogP contribution in [-0.2, 0) is 0 Å².